The highest BCUT2D eigenvalue weighted by Crippen LogP contribution is 2.32. The zero-order valence-corrected chi connectivity index (χ0v) is 13.2. The average Bonchev–Trinajstić information content (AvgIpc) is 2.99. The van der Waals surface area contributed by atoms with Gasteiger partial charge in [0.25, 0.3) is 11.8 Å². The van der Waals surface area contributed by atoms with Crippen molar-refractivity contribution in [1.82, 2.24) is 0 Å². The minimum atomic E-state index is -0.342. The molecule has 2 aromatic rings. The van der Waals surface area contributed by atoms with E-state index in [4.69, 9.17) is 10.00 Å². The molecule has 6 heteroatoms. The summed E-state index contributed by atoms with van der Waals surface area (Å²) in [5, 5.41) is 8.89. The van der Waals surface area contributed by atoms with Crippen LogP contribution in [0.1, 0.15) is 11.1 Å². The highest BCUT2D eigenvalue weighted by atomic mass is 16.5. The fraction of sp³-hybridized carbons (Fsp3) is 0.105. The highest BCUT2D eigenvalue weighted by Gasteiger charge is 2.27. The van der Waals surface area contributed by atoms with Gasteiger partial charge in [0.15, 0.2) is 6.73 Å². The fourth-order valence-corrected chi connectivity index (χ4v) is 2.94. The second-order valence-corrected chi connectivity index (χ2v) is 5.77. The number of imide groups is 1. The maximum atomic E-state index is 11.8. The van der Waals surface area contributed by atoms with Gasteiger partial charge >= 0.3 is 0 Å². The van der Waals surface area contributed by atoms with Crippen LogP contribution in [-0.2, 0) is 16.1 Å². The van der Waals surface area contributed by atoms with Gasteiger partial charge in [-0.1, -0.05) is 0 Å². The molecule has 0 radical (unpaired) electrons. The Morgan fingerprint density at radius 1 is 0.960 bits per heavy atom. The lowest BCUT2D eigenvalue weighted by atomic mass is 10.1. The number of amides is 2. The van der Waals surface area contributed by atoms with E-state index in [2.05, 4.69) is 6.07 Å². The van der Waals surface area contributed by atoms with Crippen molar-refractivity contribution in [2.45, 2.75) is 6.54 Å². The molecule has 0 fully saturated rings. The van der Waals surface area contributed by atoms with E-state index in [9.17, 15) is 9.59 Å². The van der Waals surface area contributed by atoms with E-state index >= 15 is 0 Å². The maximum absolute atomic E-state index is 11.8. The van der Waals surface area contributed by atoms with Crippen LogP contribution in [0.2, 0.25) is 0 Å². The number of rotatable bonds is 2. The van der Waals surface area contributed by atoms with Crippen LogP contribution in [-0.4, -0.2) is 18.5 Å². The number of anilines is 2. The molecule has 0 spiro atoms. The molecule has 0 atom stereocenters. The number of benzene rings is 2. The summed E-state index contributed by atoms with van der Waals surface area (Å²) in [5.74, 6) is 0.0527. The van der Waals surface area contributed by atoms with Crippen molar-refractivity contribution < 1.29 is 14.3 Å². The molecule has 0 saturated carbocycles. The molecule has 0 saturated heterocycles. The Kier molecular flexibility index (Phi) is 3.47. The molecule has 2 aliphatic rings. The van der Waals surface area contributed by atoms with Gasteiger partial charge in [-0.05, 0) is 42.5 Å². The number of nitrogens with zero attached hydrogens (tertiary/aromatic N) is 3. The van der Waals surface area contributed by atoms with E-state index in [1.807, 2.05) is 17.0 Å². The lowest BCUT2D eigenvalue weighted by Crippen LogP contribution is -2.33. The topological polar surface area (TPSA) is 73.6 Å². The van der Waals surface area contributed by atoms with E-state index in [-0.39, 0.29) is 11.8 Å². The van der Waals surface area contributed by atoms with Crippen LogP contribution in [0, 0.1) is 11.3 Å². The standard InChI is InChI=1S/C19H13N3O3/c20-10-13-1-3-15(4-2-13)21-11-14-9-16(5-6-17(14)25-12-21)22-18(23)7-8-19(22)24/h1-9H,11-12H2. The summed E-state index contributed by atoms with van der Waals surface area (Å²) >= 11 is 0. The van der Waals surface area contributed by atoms with Crippen LogP contribution in [0.25, 0.3) is 0 Å². The average molecular weight is 331 g/mol. The Morgan fingerprint density at radius 3 is 2.32 bits per heavy atom. The number of fused-ring (bicyclic) bond motifs is 1. The molecular formula is C19H13N3O3. The van der Waals surface area contributed by atoms with Crippen molar-refractivity contribution in [3.8, 4) is 11.8 Å². The molecule has 6 nitrogen and oxygen atoms in total. The second-order valence-electron chi connectivity index (χ2n) is 5.77. The number of nitriles is 1. The molecule has 2 aliphatic heterocycles. The SMILES string of the molecule is N#Cc1ccc(N2COc3ccc(N4C(=O)C=CC4=O)cc3C2)cc1. The van der Waals surface area contributed by atoms with Crippen molar-refractivity contribution in [2.24, 2.45) is 0 Å². The van der Waals surface area contributed by atoms with E-state index in [0.29, 0.717) is 24.5 Å². The van der Waals surface area contributed by atoms with E-state index < -0.39 is 0 Å². The molecule has 2 heterocycles. The van der Waals surface area contributed by atoms with Gasteiger partial charge < -0.3 is 9.64 Å². The van der Waals surface area contributed by atoms with Crippen molar-refractivity contribution in [2.75, 3.05) is 16.5 Å². The van der Waals surface area contributed by atoms with E-state index in [1.165, 1.54) is 12.2 Å². The third kappa shape index (κ3) is 2.62. The first-order chi connectivity index (χ1) is 12.2. The number of carbonyl (C=O) groups excluding carboxylic acids is 2. The van der Waals surface area contributed by atoms with Gasteiger partial charge in [0, 0.05) is 29.9 Å². The van der Waals surface area contributed by atoms with Crippen molar-refractivity contribution >= 4 is 23.2 Å². The van der Waals surface area contributed by atoms with Crippen LogP contribution < -0.4 is 14.5 Å². The Labute approximate surface area is 144 Å². The summed E-state index contributed by atoms with van der Waals surface area (Å²) in [6, 6.07) is 14.6. The molecular weight excluding hydrogens is 318 g/mol. The quantitative estimate of drug-likeness (QED) is 0.790. The van der Waals surface area contributed by atoms with E-state index in [1.54, 1.807) is 30.3 Å². The molecule has 0 unspecified atom stereocenters. The normalized spacial score (nSPS) is 15.8. The lowest BCUT2D eigenvalue weighted by molar-refractivity contribution is -0.119. The smallest absolute Gasteiger partial charge is 0.258 e. The molecule has 2 amide bonds. The number of hydrogen-bond donors (Lipinski definition) is 0. The molecule has 4 rings (SSSR count). The lowest BCUT2D eigenvalue weighted by Gasteiger charge is -2.31. The summed E-state index contributed by atoms with van der Waals surface area (Å²) in [6.07, 6.45) is 2.53. The minimum absolute atomic E-state index is 0.342. The molecule has 122 valence electrons. The summed E-state index contributed by atoms with van der Waals surface area (Å²) in [6.45, 7) is 0.972. The van der Waals surface area contributed by atoms with Gasteiger partial charge in [-0.25, -0.2) is 4.90 Å². The van der Waals surface area contributed by atoms with Crippen LogP contribution in [0.3, 0.4) is 0 Å². The summed E-state index contributed by atoms with van der Waals surface area (Å²) < 4.78 is 5.78. The maximum Gasteiger partial charge on any atom is 0.258 e. The number of ether oxygens (including phenoxy) is 1. The van der Waals surface area contributed by atoms with Gasteiger partial charge in [0.2, 0.25) is 0 Å². The fourth-order valence-electron chi connectivity index (χ4n) is 2.94. The van der Waals surface area contributed by atoms with Gasteiger partial charge in [0.05, 0.1) is 17.3 Å². The van der Waals surface area contributed by atoms with Crippen molar-refractivity contribution in [1.29, 1.82) is 5.26 Å². The zero-order valence-electron chi connectivity index (χ0n) is 13.2. The van der Waals surface area contributed by atoms with Gasteiger partial charge in [-0.3, -0.25) is 9.59 Å². The second kappa shape index (κ2) is 5.80. The van der Waals surface area contributed by atoms with Gasteiger partial charge in [-0.15, -0.1) is 0 Å². The number of carbonyl (C=O) groups is 2. The Balaban J connectivity index is 1.61. The van der Waals surface area contributed by atoms with Gasteiger partial charge in [-0.2, -0.15) is 5.26 Å². The van der Waals surface area contributed by atoms with Crippen molar-refractivity contribution in [3.63, 3.8) is 0 Å². The third-order valence-electron chi connectivity index (χ3n) is 4.21. The molecule has 0 aliphatic carbocycles. The van der Waals surface area contributed by atoms with E-state index in [0.717, 1.165) is 21.9 Å². The molecule has 25 heavy (non-hydrogen) atoms. The monoisotopic (exact) mass is 331 g/mol. The third-order valence-corrected chi connectivity index (χ3v) is 4.21. The molecule has 2 aromatic carbocycles. The summed E-state index contributed by atoms with van der Waals surface area (Å²) in [5.41, 5.74) is 2.96. The summed E-state index contributed by atoms with van der Waals surface area (Å²) in [7, 11) is 0. The first kappa shape index (κ1) is 15.0. The minimum Gasteiger partial charge on any atom is -0.473 e. The largest absolute Gasteiger partial charge is 0.473 e. The van der Waals surface area contributed by atoms with Crippen LogP contribution >= 0.6 is 0 Å². The zero-order chi connectivity index (χ0) is 17.4. The van der Waals surface area contributed by atoms with Crippen LogP contribution in [0.15, 0.2) is 54.6 Å². The Hall–Kier alpha value is -3.59. The Morgan fingerprint density at radius 2 is 1.64 bits per heavy atom. The van der Waals surface area contributed by atoms with Crippen LogP contribution in [0.5, 0.6) is 5.75 Å². The van der Waals surface area contributed by atoms with Crippen molar-refractivity contribution in [3.05, 3.63) is 65.7 Å². The predicted octanol–water partition coefficient (Wildman–Crippen LogP) is 2.34. The van der Waals surface area contributed by atoms with Crippen LogP contribution in [0.4, 0.5) is 11.4 Å². The Bertz CT molecular complexity index is 923. The van der Waals surface area contributed by atoms with Gasteiger partial charge in [0.1, 0.15) is 5.75 Å². The highest BCUT2D eigenvalue weighted by molar-refractivity contribution is 6.28. The summed E-state index contributed by atoms with van der Waals surface area (Å²) in [4.78, 5) is 26.9. The molecule has 0 aromatic heterocycles. The molecule has 0 N–H and O–H groups in total. The molecule has 0 bridgehead atoms. The number of hydrogen-bond acceptors (Lipinski definition) is 5. The first-order valence-electron chi connectivity index (χ1n) is 7.73. The predicted molar refractivity (Wildman–Crippen MR) is 90.9 cm³/mol. The first-order valence-corrected chi connectivity index (χ1v) is 7.73.